The van der Waals surface area contributed by atoms with E-state index in [4.69, 9.17) is 0 Å². The number of hydrogen-bond acceptors (Lipinski definition) is 4. The Labute approximate surface area is 55.4 Å². The monoisotopic (exact) mass is 149 g/mol. The highest BCUT2D eigenvalue weighted by molar-refractivity contribution is 8.77. The van der Waals surface area contributed by atoms with E-state index in [0.29, 0.717) is 11.5 Å². The van der Waals surface area contributed by atoms with Gasteiger partial charge in [0.25, 0.3) is 0 Å². The summed E-state index contributed by atoms with van der Waals surface area (Å²) < 4.78 is 0. The first-order valence-electron chi connectivity index (χ1n) is 2.26. The fourth-order valence-electron chi connectivity index (χ4n) is 0.445. The molecule has 0 spiro atoms. The fourth-order valence-corrected chi connectivity index (χ4v) is 3.19. The van der Waals surface area contributed by atoms with Crippen molar-refractivity contribution in [2.75, 3.05) is 11.5 Å². The van der Waals surface area contributed by atoms with Gasteiger partial charge in [-0.25, -0.2) is 0 Å². The van der Waals surface area contributed by atoms with Crippen molar-refractivity contribution in [3.05, 3.63) is 0 Å². The van der Waals surface area contributed by atoms with E-state index in [-0.39, 0.29) is 5.92 Å². The molecule has 46 valence electrons. The maximum Gasteiger partial charge on any atom is 0.0462 e. The summed E-state index contributed by atoms with van der Waals surface area (Å²) in [4.78, 5) is 10.1. The summed E-state index contributed by atoms with van der Waals surface area (Å²) in [5.41, 5.74) is 0. The average Bonchev–Trinajstić information content (AvgIpc) is 2.12. The number of carbonyl (C=O) groups is 1. The van der Waals surface area contributed by atoms with Gasteiger partial charge in [0.05, 0.1) is 0 Å². The van der Waals surface area contributed by atoms with Gasteiger partial charge in [-0.15, -0.1) is 0 Å². The molecule has 0 aliphatic carbocycles. The molecule has 1 saturated heterocycles. The van der Waals surface area contributed by atoms with Crippen LogP contribution in [0.5, 0.6) is 0 Å². The molecule has 0 N–H and O–H groups in total. The van der Waals surface area contributed by atoms with Gasteiger partial charge in [0.15, 0.2) is 0 Å². The predicted molar refractivity (Wildman–Crippen MR) is 33.4 cm³/mol. The van der Waals surface area contributed by atoms with Crippen LogP contribution >= 0.6 is 21.6 Å². The van der Waals surface area contributed by atoms with Crippen molar-refractivity contribution in [2.45, 2.75) is 0 Å². The molecule has 0 amide bonds. The zero-order chi connectivity index (χ0) is 5.98. The third-order valence-electron chi connectivity index (χ3n) is 0.955. The van der Waals surface area contributed by atoms with Crippen molar-refractivity contribution in [1.29, 1.82) is 0 Å². The van der Waals surface area contributed by atoms with Gasteiger partial charge in [-0.3, -0.25) is 0 Å². The molecule has 1 aliphatic rings. The lowest BCUT2D eigenvalue weighted by Crippen LogP contribution is -2.32. The minimum absolute atomic E-state index is 0.204. The first kappa shape index (κ1) is 6.29. The number of carbonyl (C=O) groups excluding carboxylic acids is 1. The first-order valence-corrected chi connectivity index (χ1v) is 4.75. The van der Waals surface area contributed by atoms with Crippen molar-refractivity contribution in [3.63, 3.8) is 0 Å². The van der Waals surface area contributed by atoms with Crippen LogP contribution in [0.2, 0.25) is 0 Å². The van der Waals surface area contributed by atoms with Crippen LogP contribution in [0.3, 0.4) is 0 Å². The van der Waals surface area contributed by atoms with Crippen molar-refractivity contribution >= 4 is 27.6 Å². The summed E-state index contributed by atoms with van der Waals surface area (Å²) >= 11 is 0. The molecule has 0 saturated carbocycles. The number of carboxylic acid groups (broad SMARTS) is 1. The van der Waals surface area contributed by atoms with Crippen LogP contribution < -0.4 is 5.11 Å². The van der Waals surface area contributed by atoms with E-state index in [9.17, 15) is 9.90 Å². The standard InChI is InChI=1S/C4H6O2S2/c5-4(6)3-1-7-8-2-3/h3H,1-2H2,(H,5,6)/p-1. The molecule has 1 rings (SSSR count). The summed E-state index contributed by atoms with van der Waals surface area (Å²) in [7, 11) is 3.21. The van der Waals surface area contributed by atoms with Gasteiger partial charge < -0.3 is 9.90 Å². The number of rotatable bonds is 1. The molecule has 0 aromatic heterocycles. The molecule has 0 radical (unpaired) electrons. The number of carboxylic acids is 1. The second-order valence-electron chi connectivity index (χ2n) is 1.58. The van der Waals surface area contributed by atoms with Crippen molar-refractivity contribution in [2.24, 2.45) is 5.92 Å². The van der Waals surface area contributed by atoms with Gasteiger partial charge in [-0.05, 0) is 0 Å². The van der Waals surface area contributed by atoms with Crippen molar-refractivity contribution < 1.29 is 9.90 Å². The van der Waals surface area contributed by atoms with Crippen LogP contribution in [0.15, 0.2) is 0 Å². The van der Waals surface area contributed by atoms with E-state index in [2.05, 4.69) is 0 Å². The van der Waals surface area contributed by atoms with Gasteiger partial charge in [0, 0.05) is 23.4 Å². The molecule has 0 aromatic rings. The van der Waals surface area contributed by atoms with Crippen molar-refractivity contribution in [1.82, 2.24) is 0 Å². The van der Waals surface area contributed by atoms with E-state index in [1.807, 2.05) is 0 Å². The van der Waals surface area contributed by atoms with E-state index in [1.165, 1.54) is 0 Å². The average molecular weight is 149 g/mol. The van der Waals surface area contributed by atoms with Gasteiger partial charge in [0.1, 0.15) is 0 Å². The highest BCUT2D eigenvalue weighted by Gasteiger charge is 2.16. The molecule has 1 aliphatic heterocycles. The molecule has 8 heavy (non-hydrogen) atoms. The smallest absolute Gasteiger partial charge is 0.0462 e. The summed E-state index contributed by atoms with van der Waals surface area (Å²) in [6, 6.07) is 0. The van der Waals surface area contributed by atoms with Gasteiger partial charge >= 0.3 is 0 Å². The zero-order valence-corrected chi connectivity index (χ0v) is 5.76. The van der Waals surface area contributed by atoms with E-state index >= 15 is 0 Å². The first-order chi connectivity index (χ1) is 3.80. The number of hydrogen-bond donors (Lipinski definition) is 0. The fraction of sp³-hybridized carbons (Fsp3) is 0.750. The van der Waals surface area contributed by atoms with Gasteiger partial charge in [-0.2, -0.15) is 0 Å². The SMILES string of the molecule is O=C([O-])C1CSSC1. The Morgan fingerprint density at radius 1 is 1.50 bits per heavy atom. The second-order valence-corrected chi connectivity index (χ2v) is 4.14. The summed E-state index contributed by atoms with van der Waals surface area (Å²) in [6.45, 7) is 0. The van der Waals surface area contributed by atoms with Crippen LogP contribution in [-0.4, -0.2) is 17.5 Å². The third-order valence-corrected chi connectivity index (χ3v) is 3.52. The lowest BCUT2D eigenvalue weighted by Gasteiger charge is -2.05. The Hall–Kier alpha value is 0.170. The lowest BCUT2D eigenvalue weighted by molar-refractivity contribution is -0.309. The Bertz CT molecular complexity index is 98.2. The predicted octanol–water partition coefficient (Wildman–Crippen LogP) is -0.253. The Morgan fingerprint density at radius 2 is 2.00 bits per heavy atom. The molecule has 0 unspecified atom stereocenters. The third kappa shape index (κ3) is 1.32. The highest BCUT2D eigenvalue weighted by Crippen LogP contribution is 2.33. The number of aliphatic carboxylic acids is 1. The summed E-state index contributed by atoms with van der Waals surface area (Å²) in [5, 5.41) is 10.1. The molecule has 0 bridgehead atoms. The Morgan fingerprint density at radius 3 is 2.25 bits per heavy atom. The Kier molecular flexibility index (Phi) is 2.08. The maximum absolute atomic E-state index is 10.1. The molecule has 2 nitrogen and oxygen atoms in total. The topological polar surface area (TPSA) is 40.1 Å². The molecule has 0 aromatic carbocycles. The van der Waals surface area contributed by atoms with Crippen LogP contribution in [0, 0.1) is 5.92 Å². The summed E-state index contributed by atoms with van der Waals surface area (Å²) in [6.07, 6.45) is 0. The van der Waals surface area contributed by atoms with E-state index < -0.39 is 5.97 Å². The van der Waals surface area contributed by atoms with Gasteiger partial charge in [0.2, 0.25) is 0 Å². The Balaban J connectivity index is 2.35. The molecule has 0 atom stereocenters. The van der Waals surface area contributed by atoms with Crippen LogP contribution in [0.1, 0.15) is 0 Å². The molecule has 1 fully saturated rings. The normalized spacial score (nSPS) is 21.5. The lowest BCUT2D eigenvalue weighted by atomic mass is 10.2. The second kappa shape index (κ2) is 2.64. The molecular weight excluding hydrogens is 144 g/mol. The highest BCUT2D eigenvalue weighted by atomic mass is 33.1. The van der Waals surface area contributed by atoms with E-state index in [0.717, 1.165) is 0 Å². The molecular formula is C4H5O2S2-. The molecule has 4 heteroatoms. The maximum atomic E-state index is 10.1. The van der Waals surface area contributed by atoms with Crippen LogP contribution in [0.25, 0.3) is 0 Å². The van der Waals surface area contributed by atoms with Crippen LogP contribution in [-0.2, 0) is 4.79 Å². The van der Waals surface area contributed by atoms with Gasteiger partial charge in [-0.1, -0.05) is 21.6 Å². The largest absolute Gasteiger partial charge is 0.550 e. The van der Waals surface area contributed by atoms with Crippen LogP contribution in [0.4, 0.5) is 0 Å². The quantitative estimate of drug-likeness (QED) is 0.482. The minimum Gasteiger partial charge on any atom is -0.550 e. The summed E-state index contributed by atoms with van der Waals surface area (Å²) in [5.74, 6) is 0.326. The molecule has 1 heterocycles. The minimum atomic E-state index is -0.900. The van der Waals surface area contributed by atoms with Crippen molar-refractivity contribution in [3.8, 4) is 0 Å². The zero-order valence-electron chi connectivity index (χ0n) is 4.12. The van der Waals surface area contributed by atoms with E-state index in [1.54, 1.807) is 21.6 Å².